The summed E-state index contributed by atoms with van der Waals surface area (Å²) < 4.78 is 6.48. The maximum atomic E-state index is 11.6. The van der Waals surface area contributed by atoms with E-state index in [1.165, 1.54) is 6.20 Å². The maximum absolute atomic E-state index is 11.6. The lowest BCUT2D eigenvalue weighted by atomic mass is 10.2. The smallest absolute Gasteiger partial charge is 0.330 e. The molecule has 1 fully saturated rings. The van der Waals surface area contributed by atoms with Crippen LogP contribution >= 0.6 is 27.5 Å². The van der Waals surface area contributed by atoms with E-state index in [4.69, 9.17) is 21.4 Å². The highest BCUT2D eigenvalue weighted by molar-refractivity contribution is 9.10. The van der Waals surface area contributed by atoms with Crippen LogP contribution in [0, 0.1) is 0 Å². The van der Waals surface area contributed by atoms with Crippen molar-refractivity contribution >= 4 is 27.5 Å². The van der Waals surface area contributed by atoms with Crippen LogP contribution in [-0.4, -0.2) is 44.0 Å². The number of hydrogen-bond acceptors (Lipinski definition) is 5. The van der Waals surface area contributed by atoms with Crippen LogP contribution in [-0.2, 0) is 4.74 Å². The predicted molar refractivity (Wildman–Crippen MR) is 65.7 cm³/mol. The van der Waals surface area contributed by atoms with Gasteiger partial charge in [0.15, 0.2) is 6.23 Å². The van der Waals surface area contributed by atoms with Crippen molar-refractivity contribution < 1.29 is 14.9 Å². The van der Waals surface area contributed by atoms with Gasteiger partial charge >= 0.3 is 5.69 Å². The number of H-pyrrole nitrogens is 1. The molecule has 0 aromatic carbocycles. The minimum Gasteiger partial charge on any atom is -0.394 e. The average molecular weight is 342 g/mol. The lowest BCUT2D eigenvalue weighted by Crippen LogP contribution is -2.36. The Morgan fingerprint density at radius 3 is 2.78 bits per heavy atom. The van der Waals surface area contributed by atoms with Crippen LogP contribution in [0.3, 0.4) is 0 Å². The van der Waals surface area contributed by atoms with Gasteiger partial charge in [-0.15, -0.1) is 11.6 Å². The predicted octanol–water partition coefficient (Wildman–Crippen LogP) is -0.843. The monoisotopic (exact) mass is 340 g/mol. The first-order chi connectivity index (χ1) is 8.45. The van der Waals surface area contributed by atoms with Gasteiger partial charge < -0.3 is 14.9 Å². The lowest BCUT2D eigenvalue weighted by molar-refractivity contribution is -0.0458. The summed E-state index contributed by atoms with van der Waals surface area (Å²) in [5.74, 6) is 0. The number of nitrogens with zero attached hydrogens (tertiary/aromatic N) is 1. The minimum absolute atomic E-state index is 0.136. The number of aromatic nitrogens is 2. The number of ether oxygens (including phenoxy) is 1. The van der Waals surface area contributed by atoms with Crippen molar-refractivity contribution in [3.05, 3.63) is 31.5 Å². The number of aliphatic hydroxyl groups excluding tert-OH is 2. The zero-order valence-corrected chi connectivity index (χ0v) is 11.3. The first-order valence-electron chi connectivity index (χ1n) is 5.05. The number of halogens is 2. The minimum atomic E-state index is -1.10. The summed E-state index contributed by atoms with van der Waals surface area (Å²) in [6.45, 7) is -0.417. The fourth-order valence-electron chi connectivity index (χ4n) is 1.73. The molecular weight excluding hydrogens is 331 g/mol. The Kier molecular flexibility index (Phi) is 3.93. The van der Waals surface area contributed by atoms with Crippen molar-refractivity contribution in [2.45, 2.75) is 23.8 Å². The summed E-state index contributed by atoms with van der Waals surface area (Å²) in [5, 5.41) is 17.8. The third-order valence-corrected chi connectivity index (χ3v) is 3.71. The van der Waals surface area contributed by atoms with Gasteiger partial charge in [0, 0.05) is 6.20 Å². The second-order valence-electron chi connectivity index (χ2n) is 3.83. The van der Waals surface area contributed by atoms with E-state index < -0.39 is 41.7 Å². The molecule has 0 amide bonds. The third kappa shape index (κ3) is 2.26. The van der Waals surface area contributed by atoms with Gasteiger partial charge in [-0.2, -0.15) is 0 Å². The second kappa shape index (κ2) is 5.14. The average Bonchev–Trinajstić information content (AvgIpc) is 2.61. The molecule has 3 N–H and O–H groups in total. The molecule has 1 aromatic heterocycles. The van der Waals surface area contributed by atoms with Crippen molar-refractivity contribution in [1.29, 1.82) is 0 Å². The Labute approximate surface area is 114 Å². The van der Waals surface area contributed by atoms with Crippen molar-refractivity contribution in [2.75, 3.05) is 6.61 Å². The van der Waals surface area contributed by atoms with E-state index in [0.29, 0.717) is 0 Å². The van der Waals surface area contributed by atoms with Crippen molar-refractivity contribution in [2.24, 2.45) is 0 Å². The highest BCUT2D eigenvalue weighted by Gasteiger charge is 2.43. The molecule has 1 aliphatic rings. The summed E-state index contributed by atoms with van der Waals surface area (Å²) in [6.07, 6.45) is -1.69. The molecule has 1 aromatic rings. The molecule has 2 rings (SSSR count). The van der Waals surface area contributed by atoms with Gasteiger partial charge in [-0.25, -0.2) is 4.79 Å². The summed E-state index contributed by atoms with van der Waals surface area (Å²) >= 11 is 8.93. The van der Waals surface area contributed by atoms with E-state index in [0.717, 1.165) is 4.57 Å². The Morgan fingerprint density at radius 2 is 2.22 bits per heavy atom. The van der Waals surface area contributed by atoms with Gasteiger partial charge in [0.2, 0.25) is 0 Å². The van der Waals surface area contributed by atoms with Crippen LogP contribution in [0.4, 0.5) is 0 Å². The van der Waals surface area contributed by atoms with Crippen molar-refractivity contribution in [3.8, 4) is 0 Å². The molecule has 9 heteroatoms. The first-order valence-corrected chi connectivity index (χ1v) is 6.28. The molecule has 7 nitrogen and oxygen atoms in total. The normalized spacial score (nSPS) is 31.8. The quantitative estimate of drug-likeness (QED) is 0.608. The van der Waals surface area contributed by atoms with Gasteiger partial charge in [-0.05, 0) is 15.9 Å². The number of aliphatic hydroxyl groups is 2. The number of nitrogens with one attached hydrogen (secondary N) is 1. The maximum Gasteiger partial charge on any atom is 0.330 e. The molecule has 0 aliphatic carbocycles. The van der Waals surface area contributed by atoms with E-state index in [1.54, 1.807) is 0 Å². The SMILES string of the molecule is O=c1[nH]c(=O)n([C@@H]2O[C@H](CO)[C@@H](O)[C@@H]2Cl)cc1Br. The molecule has 4 atom stereocenters. The van der Waals surface area contributed by atoms with Gasteiger partial charge in [-0.1, -0.05) is 0 Å². The number of rotatable bonds is 2. The van der Waals surface area contributed by atoms with E-state index in [1.807, 2.05) is 0 Å². The van der Waals surface area contributed by atoms with Crippen LogP contribution in [0.15, 0.2) is 20.3 Å². The molecule has 0 unspecified atom stereocenters. The molecule has 1 saturated heterocycles. The Hall–Kier alpha value is -0.670. The fourth-order valence-corrected chi connectivity index (χ4v) is 2.39. The molecule has 0 radical (unpaired) electrons. The molecule has 1 aliphatic heterocycles. The van der Waals surface area contributed by atoms with Crippen molar-refractivity contribution in [1.82, 2.24) is 9.55 Å². The topological polar surface area (TPSA) is 105 Å². The number of aromatic amines is 1. The van der Waals surface area contributed by atoms with Gasteiger partial charge in [0.05, 0.1) is 11.1 Å². The van der Waals surface area contributed by atoms with Gasteiger partial charge in [-0.3, -0.25) is 14.3 Å². The first kappa shape index (κ1) is 13.8. The van der Waals surface area contributed by atoms with Crippen LogP contribution in [0.1, 0.15) is 6.23 Å². The van der Waals surface area contributed by atoms with Gasteiger partial charge in [0.25, 0.3) is 5.56 Å². The molecule has 0 saturated carbocycles. The van der Waals surface area contributed by atoms with E-state index in [9.17, 15) is 14.7 Å². The number of hydrogen-bond donors (Lipinski definition) is 3. The Balaban J connectivity index is 2.42. The van der Waals surface area contributed by atoms with Crippen LogP contribution < -0.4 is 11.2 Å². The molecule has 0 bridgehead atoms. The molecule has 18 heavy (non-hydrogen) atoms. The summed E-state index contributed by atoms with van der Waals surface area (Å²) in [4.78, 5) is 24.9. The molecular formula is C9H10BrClN2O5. The zero-order valence-electron chi connectivity index (χ0n) is 8.92. The summed E-state index contributed by atoms with van der Waals surface area (Å²) in [6, 6.07) is 0. The number of alkyl halides is 1. The fraction of sp³-hybridized carbons (Fsp3) is 0.556. The van der Waals surface area contributed by atoms with E-state index in [2.05, 4.69) is 20.9 Å². The van der Waals surface area contributed by atoms with Crippen LogP contribution in [0.25, 0.3) is 0 Å². The van der Waals surface area contributed by atoms with Crippen LogP contribution in [0.5, 0.6) is 0 Å². The van der Waals surface area contributed by atoms with Crippen LogP contribution in [0.2, 0.25) is 0 Å². The summed E-state index contributed by atoms with van der Waals surface area (Å²) in [5.41, 5.74) is -1.27. The highest BCUT2D eigenvalue weighted by atomic mass is 79.9. The van der Waals surface area contributed by atoms with E-state index >= 15 is 0 Å². The standard InChI is InChI=1S/C9H10BrClN2O5/c10-3-1-13(9(17)12-7(3)16)8-5(11)6(15)4(2-14)18-8/h1,4-6,8,14-15H,2H2,(H,12,16,17)/t4-,5+,6-,8-/m1/s1. The third-order valence-electron chi connectivity index (χ3n) is 2.67. The largest absolute Gasteiger partial charge is 0.394 e. The summed E-state index contributed by atoms with van der Waals surface area (Å²) in [7, 11) is 0. The molecule has 0 spiro atoms. The Morgan fingerprint density at radius 1 is 1.56 bits per heavy atom. The zero-order chi connectivity index (χ0) is 13.4. The van der Waals surface area contributed by atoms with E-state index in [-0.39, 0.29) is 4.47 Å². The highest BCUT2D eigenvalue weighted by Crippen LogP contribution is 2.32. The second-order valence-corrected chi connectivity index (χ2v) is 5.18. The van der Waals surface area contributed by atoms with Crippen molar-refractivity contribution in [3.63, 3.8) is 0 Å². The Bertz CT molecular complexity index is 559. The van der Waals surface area contributed by atoms with Gasteiger partial charge in [0.1, 0.15) is 17.6 Å². The molecule has 2 heterocycles. The molecule has 100 valence electrons. The lowest BCUT2D eigenvalue weighted by Gasteiger charge is -2.16.